The molecule has 1 atom stereocenters. The maximum Gasteiger partial charge on any atom is 0.313 e. The van der Waals surface area contributed by atoms with Gasteiger partial charge in [-0.25, -0.2) is 0 Å². The van der Waals surface area contributed by atoms with Crippen molar-refractivity contribution >= 4 is 17.5 Å². The lowest BCUT2D eigenvalue weighted by Gasteiger charge is -2.21. The summed E-state index contributed by atoms with van der Waals surface area (Å²) in [5.41, 5.74) is 4.48. The summed E-state index contributed by atoms with van der Waals surface area (Å²) >= 11 is 0. The van der Waals surface area contributed by atoms with Crippen LogP contribution < -0.4 is 10.6 Å². The van der Waals surface area contributed by atoms with Crippen LogP contribution in [0.25, 0.3) is 0 Å². The zero-order chi connectivity index (χ0) is 17.6. The van der Waals surface area contributed by atoms with E-state index in [1.807, 2.05) is 25.1 Å². The Hall–Kier alpha value is -2.62. The molecule has 130 valence electrons. The van der Waals surface area contributed by atoms with E-state index in [-0.39, 0.29) is 6.04 Å². The first-order valence-corrected chi connectivity index (χ1v) is 8.96. The van der Waals surface area contributed by atoms with Crippen LogP contribution >= 0.6 is 0 Å². The van der Waals surface area contributed by atoms with Gasteiger partial charge in [0.25, 0.3) is 0 Å². The van der Waals surface area contributed by atoms with Gasteiger partial charge < -0.3 is 10.6 Å². The summed E-state index contributed by atoms with van der Waals surface area (Å²) in [7, 11) is 0. The zero-order valence-electron chi connectivity index (χ0n) is 14.5. The molecule has 0 radical (unpaired) electrons. The number of para-hydroxylation sites is 1. The number of amides is 2. The lowest BCUT2D eigenvalue weighted by atomic mass is 9.89. The van der Waals surface area contributed by atoms with Crippen molar-refractivity contribution in [1.82, 2.24) is 5.32 Å². The molecule has 0 heterocycles. The fraction of sp³-hybridized carbons (Fsp3) is 0.333. The molecule has 0 saturated carbocycles. The third-order valence-corrected chi connectivity index (χ3v) is 4.73. The molecule has 0 fully saturated rings. The highest BCUT2D eigenvalue weighted by Crippen LogP contribution is 2.26. The molecule has 4 heteroatoms. The van der Waals surface area contributed by atoms with Crippen LogP contribution in [-0.2, 0) is 22.4 Å². The Labute approximate surface area is 148 Å². The molecule has 0 spiro atoms. The van der Waals surface area contributed by atoms with E-state index in [0.29, 0.717) is 5.69 Å². The molecule has 1 aliphatic rings. The molecular weight excluding hydrogens is 312 g/mol. The van der Waals surface area contributed by atoms with Crippen molar-refractivity contribution in [3.8, 4) is 0 Å². The van der Waals surface area contributed by atoms with Gasteiger partial charge in [0.1, 0.15) is 0 Å². The van der Waals surface area contributed by atoms with Crippen LogP contribution in [0.1, 0.15) is 48.9 Å². The van der Waals surface area contributed by atoms with Crippen LogP contribution in [0.5, 0.6) is 0 Å². The number of hydrogen-bond donors (Lipinski definition) is 2. The van der Waals surface area contributed by atoms with Gasteiger partial charge in [-0.3, -0.25) is 9.59 Å². The van der Waals surface area contributed by atoms with Crippen LogP contribution in [0.4, 0.5) is 5.69 Å². The molecule has 1 aliphatic carbocycles. The summed E-state index contributed by atoms with van der Waals surface area (Å²) < 4.78 is 0. The maximum atomic E-state index is 12.3. The monoisotopic (exact) mass is 336 g/mol. The minimum atomic E-state index is -0.636. The SMILES string of the molecule is CCC(NC(=O)C(=O)Nc1ccccc1)c1ccc2c(c1)CCCC2. The number of rotatable bonds is 4. The van der Waals surface area contributed by atoms with E-state index in [9.17, 15) is 9.59 Å². The predicted octanol–water partition coefficient (Wildman–Crippen LogP) is 3.77. The molecule has 0 saturated heterocycles. The Bertz CT molecular complexity index is 756. The summed E-state index contributed by atoms with van der Waals surface area (Å²) in [6.45, 7) is 2.01. The van der Waals surface area contributed by atoms with E-state index < -0.39 is 11.8 Å². The van der Waals surface area contributed by atoms with Crippen molar-refractivity contribution in [2.24, 2.45) is 0 Å². The molecule has 2 aromatic carbocycles. The van der Waals surface area contributed by atoms with E-state index in [4.69, 9.17) is 0 Å². The molecule has 0 bridgehead atoms. The van der Waals surface area contributed by atoms with E-state index in [0.717, 1.165) is 24.8 Å². The van der Waals surface area contributed by atoms with Gasteiger partial charge in [0.2, 0.25) is 0 Å². The topological polar surface area (TPSA) is 58.2 Å². The number of hydrogen-bond acceptors (Lipinski definition) is 2. The van der Waals surface area contributed by atoms with Gasteiger partial charge in [-0.15, -0.1) is 0 Å². The van der Waals surface area contributed by atoms with E-state index in [1.165, 1.54) is 24.0 Å². The number of carbonyl (C=O) groups is 2. The predicted molar refractivity (Wildman–Crippen MR) is 99.3 cm³/mol. The number of carbonyl (C=O) groups excluding carboxylic acids is 2. The first-order chi connectivity index (χ1) is 12.2. The number of fused-ring (bicyclic) bond motifs is 1. The third kappa shape index (κ3) is 4.27. The van der Waals surface area contributed by atoms with Crippen molar-refractivity contribution in [1.29, 1.82) is 0 Å². The van der Waals surface area contributed by atoms with Crippen LogP contribution in [0.15, 0.2) is 48.5 Å². The normalized spacial score (nSPS) is 14.3. The Morgan fingerprint density at radius 3 is 2.40 bits per heavy atom. The smallest absolute Gasteiger partial charge is 0.313 e. The minimum Gasteiger partial charge on any atom is -0.341 e. The number of benzene rings is 2. The molecule has 2 N–H and O–H groups in total. The van der Waals surface area contributed by atoms with E-state index in [2.05, 4.69) is 28.8 Å². The number of aryl methyl sites for hydroxylation is 2. The summed E-state index contributed by atoms with van der Waals surface area (Å²) in [5, 5.41) is 5.48. The highest BCUT2D eigenvalue weighted by Gasteiger charge is 2.20. The van der Waals surface area contributed by atoms with Gasteiger partial charge in [0, 0.05) is 5.69 Å². The highest BCUT2D eigenvalue weighted by atomic mass is 16.2. The van der Waals surface area contributed by atoms with Crippen LogP contribution in [0, 0.1) is 0 Å². The van der Waals surface area contributed by atoms with Gasteiger partial charge in [0.15, 0.2) is 0 Å². The zero-order valence-corrected chi connectivity index (χ0v) is 14.5. The largest absolute Gasteiger partial charge is 0.341 e. The second kappa shape index (κ2) is 7.97. The fourth-order valence-corrected chi connectivity index (χ4v) is 3.32. The molecule has 0 aromatic heterocycles. The highest BCUT2D eigenvalue weighted by molar-refractivity contribution is 6.39. The molecule has 3 rings (SSSR count). The van der Waals surface area contributed by atoms with Gasteiger partial charge in [-0.2, -0.15) is 0 Å². The lowest BCUT2D eigenvalue weighted by molar-refractivity contribution is -0.136. The van der Waals surface area contributed by atoms with E-state index >= 15 is 0 Å². The molecule has 2 amide bonds. The Morgan fingerprint density at radius 2 is 1.68 bits per heavy atom. The molecule has 1 unspecified atom stereocenters. The van der Waals surface area contributed by atoms with Gasteiger partial charge in [-0.05, 0) is 60.9 Å². The van der Waals surface area contributed by atoms with Crippen molar-refractivity contribution in [2.75, 3.05) is 5.32 Å². The van der Waals surface area contributed by atoms with Crippen molar-refractivity contribution in [3.63, 3.8) is 0 Å². The first kappa shape index (κ1) is 17.2. The Morgan fingerprint density at radius 1 is 0.960 bits per heavy atom. The average Bonchev–Trinajstić information content (AvgIpc) is 2.66. The summed E-state index contributed by atoms with van der Waals surface area (Å²) in [5.74, 6) is -1.24. The van der Waals surface area contributed by atoms with Gasteiger partial charge >= 0.3 is 11.8 Å². The second-order valence-electron chi connectivity index (χ2n) is 6.49. The maximum absolute atomic E-state index is 12.3. The molecule has 4 nitrogen and oxygen atoms in total. The fourth-order valence-electron chi connectivity index (χ4n) is 3.32. The number of nitrogens with one attached hydrogen (secondary N) is 2. The van der Waals surface area contributed by atoms with Crippen molar-refractivity contribution < 1.29 is 9.59 Å². The van der Waals surface area contributed by atoms with Crippen LogP contribution in [0.2, 0.25) is 0 Å². The summed E-state index contributed by atoms with van der Waals surface area (Å²) in [6.07, 6.45) is 5.45. The van der Waals surface area contributed by atoms with Crippen molar-refractivity contribution in [3.05, 3.63) is 65.2 Å². The lowest BCUT2D eigenvalue weighted by Crippen LogP contribution is -2.37. The molecular formula is C21H24N2O2. The quantitative estimate of drug-likeness (QED) is 0.835. The van der Waals surface area contributed by atoms with Gasteiger partial charge in [-0.1, -0.05) is 43.3 Å². The van der Waals surface area contributed by atoms with Crippen molar-refractivity contribution in [2.45, 2.75) is 45.1 Å². The van der Waals surface area contributed by atoms with E-state index in [1.54, 1.807) is 12.1 Å². The molecule has 25 heavy (non-hydrogen) atoms. The van der Waals surface area contributed by atoms with Crippen LogP contribution in [-0.4, -0.2) is 11.8 Å². The summed E-state index contributed by atoms with van der Waals surface area (Å²) in [6, 6.07) is 15.3. The third-order valence-electron chi connectivity index (χ3n) is 4.73. The number of anilines is 1. The Kier molecular flexibility index (Phi) is 5.49. The Balaban J connectivity index is 1.67. The van der Waals surface area contributed by atoms with Gasteiger partial charge in [0.05, 0.1) is 6.04 Å². The molecule has 2 aromatic rings. The van der Waals surface area contributed by atoms with Crippen LogP contribution in [0.3, 0.4) is 0 Å². The average molecular weight is 336 g/mol. The standard InChI is InChI=1S/C21H24N2O2/c1-2-19(17-13-12-15-8-6-7-9-16(15)14-17)23-21(25)20(24)22-18-10-4-3-5-11-18/h3-5,10-14,19H,2,6-9H2,1H3,(H,22,24)(H,23,25). The summed E-state index contributed by atoms with van der Waals surface area (Å²) in [4.78, 5) is 24.4. The molecule has 0 aliphatic heterocycles. The first-order valence-electron chi connectivity index (χ1n) is 8.96. The minimum absolute atomic E-state index is 0.152. The second-order valence-corrected chi connectivity index (χ2v) is 6.49.